The Kier molecular flexibility index (Phi) is 3.81. The summed E-state index contributed by atoms with van der Waals surface area (Å²) in [6.45, 7) is 1.55. The van der Waals surface area contributed by atoms with Gasteiger partial charge in [0.2, 0.25) is 0 Å². The highest BCUT2D eigenvalue weighted by molar-refractivity contribution is 7.85. The Bertz CT molecular complexity index is 566. The standard InChI is InChI=1S/C9H11N3O4S/c1-6-2-3-7(5-11-12-9(10)13)4-8(6)17(14,15)16/h2-5H,1H3,(H3,10,12,13)(H,14,15,16). The van der Waals surface area contributed by atoms with Crippen LogP contribution in [-0.4, -0.2) is 25.2 Å². The number of rotatable bonds is 3. The maximum Gasteiger partial charge on any atom is 0.332 e. The lowest BCUT2D eigenvalue weighted by atomic mass is 10.2. The van der Waals surface area contributed by atoms with Crippen molar-refractivity contribution in [3.05, 3.63) is 29.3 Å². The van der Waals surface area contributed by atoms with E-state index in [1.807, 2.05) is 5.43 Å². The number of nitrogens with one attached hydrogen (secondary N) is 1. The summed E-state index contributed by atoms with van der Waals surface area (Å²) in [5.41, 5.74) is 7.55. The molecule has 0 aromatic heterocycles. The van der Waals surface area contributed by atoms with Crippen LogP contribution in [0.3, 0.4) is 0 Å². The zero-order valence-electron chi connectivity index (χ0n) is 8.91. The van der Waals surface area contributed by atoms with E-state index < -0.39 is 16.1 Å². The lowest BCUT2D eigenvalue weighted by Crippen LogP contribution is -2.24. The van der Waals surface area contributed by atoms with Gasteiger partial charge in [-0.2, -0.15) is 13.5 Å². The lowest BCUT2D eigenvalue weighted by Gasteiger charge is -2.03. The van der Waals surface area contributed by atoms with E-state index in [0.717, 1.165) is 0 Å². The second-order valence-corrected chi connectivity index (χ2v) is 4.62. The molecule has 0 bridgehead atoms. The highest BCUT2D eigenvalue weighted by atomic mass is 32.2. The van der Waals surface area contributed by atoms with E-state index in [2.05, 4.69) is 5.10 Å². The van der Waals surface area contributed by atoms with E-state index >= 15 is 0 Å². The number of nitrogens with zero attached hydrogens (tertiary/aromatic N) is 1. The molecule has 7 nitrogen and oxygen atoms in total. The van der Waals surface area contributed by atoms with Crippen LogP contribution in [0.2, 0.25) is 0 Å². The molecule has 0 radical (unpaired) electrons. The molecule has 1 aromatic carbocycles. The number of primary amides is 1. The highest BCUT2D eigenvalue weighted by Gasteiger charge is 2.12. The molecule has 17 heavy (non-hydrogen) atoms. The average molecular weight is 257 g/mol. The van der Waals surface area contributed by atoms with Crippen LogP contribution >= 0.6 is 0 Å². The second-order valence-electron chi connectivity index (χ2n) is 3.23. The van der Waals surface area contributed by atoms with Crippen molar-refractivity contribution >= 4 is 22.4 Å². The van der Waals surface area contributed by atoms with Crippen LogP contribution in [0.25, 0.3) is 0 Å². The first-order valence-electron chi connectivity index (χ1n) is 4.47. The van der Waals surface area contributed by atoms with Crippen molar-refractivity contribution in [1.29, 1.82) is 0 Å². The van der Waals surface area contributed by atoms with Crippen molar-refractivity contribution in [3.63, 3.8) is 0 Å². The van der Waals surface area contributed by atoms with Crippen LogP contribution in [0.15, 0.2) is 28.2 Å². The Morgan fingerprint density at radius 3 is 2.71 bits per heavy atom. The second kappa shape index (κ2) is 4.93. The first kappa shape index (κ1) is 13.1. The minimum absolute atomic E-state index is 0.208. The predicted molar refractivity (Wildman–Crippen MR) is 61.3 cm³/mol. The molecule has 4 N–H and O–H groups in total. The smallest absolute Gasteiger partial charge is 0.332 e. The van der Waals surface area contributed by atoms with Gasteiger partial charge in [-0.1, -0.05) is 12.1 Å². The van der Waals surface area contributed by atoms with Crippen molar-refractivity contribution < 1.29 is 17.8 Å². The van der Waals surface area contributed by atoms with E-state index in [4.69, 9.17) is 10.3 Å². The van der Waals surface area contributed by atoms with Crippen molar-refractivity contribution in [2.24, 2.45) is 10.8 Å². The number of carbonyl (C=O) groups excluding carboxylic acids is 1. The largest absolute Gasteiger partial charge is 0.350 e. The number of urea groups is 1. The Morgan fingerprint density at radius 1 is 1.53 bits per heavy atom. The molecule has 0 aliphatic rings. The number of hydrogen-bond donors (Lipinski definition) is 3. The fourth-order valence-corrected chi connectivity index (χ4v) is 1.91. The van der Waals surface area contributed by atoms with Crippen molar-refractivity contribution in [3.8, 4) is 0 Å². The molecule has 0 aliphatic carbocycles. The Labute approximate surface area is 98.1 Å². The molecule has 0 spiro atoms. The van der Waals surface area contributed by atoms with Crippen LogP contribution in [0, 0.1) is 6.92 Å². The highest BCUT2D eigenvalue weighted by Crippen LogP contribution is 2.15. The predicted octanol–water partition coefficient (Wildman–Crippen LogP) is 0.244. The number of amides is 2. The van der Waals surface area contributed by atoms with Gasteiger partial charge in [0, 0.05) is 0 Å². The summed E-state index contributed by atoms with van der Waals surface area (Å²) in [5.74, 6) is 0. The first-order chi connectivity index (χ1) is 7.80. The summed E-state index contributed by atoms with van der Waals surface area (Å²) in [4.78, 5) is 10.1. The molecular weight excluding hydrogens is 246 g/mol. The van der Waals surface area contributed by atoms with E-state index in [0.29, 0.717) is 11.1 Å². The summed E-state index contributed by atoms with van der Waals surface area (Å²) in [6.07, 6.45) is 1.21. The third-order valence-corrected chi connectivity index (χ3v) is 2.87. The third kappa shape index (κ3) is 3.85. The number of aryl methyl sites for hydroxylation is 1. The molecule has 0 atom stereocenters. The maximum atomic E-state index is 11.0. The van der Waals surface area contributed by atoms with Gasteiger partial charge in [-0.05, 0) is 24.1 Å². The molecule has 0 fully saturated rings. The van der Waals surface area contributed by atoms with Gasteiger partial charge in [-0.25, -0.2) is 10.2 Å². The number of hydrazone groups is 1. The quantitative estimate of drug-likeness (QED) is 0.408. The molecule has 1 aromatic rings. The van der Waals surface area contributed by atoms with Crippen LogP contribution in [0.4, 0.5) is 4.79 Å². The van der Waals surface area contributed by atoms with Crippen LogP contribution < -0.4 is 11.2 Å². The molecule has 92 valence electrons. The summed E-state index contributed by atoms with van der Waals surface area (Å²) in [6, 6.07) is 3.49. The summed E-state index contributed by atoms with van der Waals surface area (Å²) in [5, 5.41) is 3.47. The lowest BCUT2D eigenvalue weighted by molar-refractivity contribution is 0.249. The summed E-state index contributed by atoms with van der Waals surface area (Å²) >= 11 is 0. The Hall–Kier alpha value is -1.93. The van der Waals surface area contributed by atoms with Gasteiger partial charge >= 0.3 is 6.03 Å². The number of benzene rings is 1. The van der Waals surface area contributed by atoms with Crippen LogP contribution in [0.1, 0.15) is 11.1 Å². The SMILES string of the molecule is Cc1ccc(C=NNC(N)=O)cc1S(=O)(=O)O. The zero-order chi connectivity index (χ0) is 13.1. The summed E-state index contributed by atoms with van der Waals surface area (Å²) < 4.78 is 31.0. The molecular formula is C9H11N3O4S. The van der Waals surface area contributed by atoms with Gasteiger partial charge in [0.1, 0.15) is 0 Å². The maximum absolute atomic E-state index is 11.0. The van der Waals surface area contributed by atoms with E-state index in [1.165, 1.54) is 18.3 Å². The van der Waals surface area contributed by atoms with Crippen LogP contribution in [-0.2, 0) is 10.1 Å². The zero-order valence-corrected chi connectivity index (χ0v) is 9.73. The topological polar surface area (TPSA) is 122 Å². The molecule has 0 heterocycles. The minimum Gasteiger partial charge on any atom is -0.350 e. The van der Waals surface area contributed by atoms with Gasteiger partial charge in [0.05, 0.1) is 11.1 Å². The normalized spacial score (nSPS) is 11.6. The molecule has 2 amide bonds. The van der Waals surface area contributed by atoms with Gasteiger partial charge < -0.3 is 5.73 Å². The number of hydrogen-bond acceptors (Lipinski definition) is 4. The van der Waals surface area contributed by atoms with Gasteiger partial charge in [0.15, 0.2) is 0 Å². The number of carbonyl (C=O) groups is 1. The molecule has 0 saturated carbocycles. The van der Waals surface area contributed by atoms with Gasteiger partial charge in [-0.15, -0.1) is 0 Å². The van der Waals surface area contributed by atoms with E-state index in [-0.39, 0.29) is 4.90 Å². The Balaban J connectivity index is 3.06. The Morgan fingerprint density at radius 2 is 2.18 bits per heavy atom. The molecule has 8 heteroatoms. The van der Waals surface area contributed by atoms with Gasteiger partial charge in [-0.3, -0.25) is 4.55 Å². The average Bonchev–Trinajstić information content (AvgIpc) is 2.18. The van der Waals surface area contributed by atoms with E-state index in [1.54, 1.807) is 13.0 Å². The first-order valence-corrected chi connectivity index (χ1v) is 5.91. The van der Waals surface area contributed by atoms with Crippen molar-refractivity contribution in [2.75, 3.05) is 0 Å². The minimum atomic E-state index is -4.27. The third-order valence-electron chi connectivity index (χ3n) is 1.88. The fraction of sp³-hybridized carbons (Fsp3) is 0.111. The van der Waals surface area contributed by atoms with Crippen molar-refractivity contribution in [1.82, 2.24) is 5.43 Å². The van der Waals surface area contributed by atoms with Crippen molar-refractivity contribution in [2.45, 2.75) is 11.8 Å². The summed E-state index contributed by atoms with van der Waals surface area (Å²) in [7, 11) is -4.27. The molecule has 0 aliphatic heterocycles. The molecule has 0 saturated heterocycles. The monoisotopic (exact) mass is 257 g/mol. The molecule has 1 rings (SSSR count). The fourth-order valence-electron chi connectivity index (χ4n) is 1.15. The van der Waals surface area contributed by atoms with E-state index in [9.17, 15) is 13.2 Å². The molecule has 0 unspecified atom stereocenters. The number of nitrogens with two attached hydrogens (primary N) is 1. The van der Waals surface area contributed by atoms with Crippen LogP contribution in [0.5, 0.6) is 0 Å². The van der Waals surface area contributed by atoms with Gasteiger partial charge in [0.25, 0.3) is 10.1 Å².